The van der Waals surface area contributed by atoms with E-state index in [1.807, 2.05) is 0 Å². The molecular formula is C12H20N2O2. The molecule has 2 fully saturated rings. The van der Waals surface area contributed by atoms with E-state index in [4.69, 9.17) is 0 Å². The molecule has 2 aliphatic rings. The summed E-state index contributed by atoms with van der Waals surface area (Å²) in [4.78, 5) is 25.4. The lowest BCUT2D eigenvalue weighted by Gasteiger charge is -2.35. The summed E-state index contributed by atoms with van der Waals surface area (Å²) in [5.74, 6) is 0.0863. The maximum absolute atomic E-state index is 11.9. The molecule has 2 unspecified atom stereocenters. The Morgan fingerprint density at radius 1 is 1.19 bits per heavy atom. The summed E-state index contributed by atoms with van der Waals surface area (Å²) in [7, 11) is 0. The lowest BCUT2D eigenvalue weighted by Crippen LogP contribution is -2.50. The fraction of sp³-hybridized carbons (Fsp3) is 0.833. The highest BCUT2D eigenvalue weighted by Gasteiger charge is 2.33. The second-order valence-electron chi connectivity index (χ2n) is 4.90. The second kappa shape index (κ2) is 4.95. The number of carbonyl (C=O) groups excluding carboxylic acids is 2. The van der Waals surface area contributed by atoms with Gasteiger partial charge in [-0.3, -0.25) is 14.5 Å². The zero-order valence-corrected chi connectivity index (χ0v) is 9.87. The number of nitrogens with one attached hydrogen (secondary N) is 1. The van der Waals surface area contributed by atoms with Crippen molar-refractivity contribution in [3.8, 4) is 0 Å². The van der Waals surface area contributed by atoms with Gasteiger partial charge in [0.25, 0.3) is 0 Å². The van der Waals surface area contributed by atoms with Crippen molar-refractivity contribution in [3.05, 3.63) is 0 Å². The number of amides is 2. The van der Waals surface area contributed by atoms with Crippen LogP contribution in [0.4, 0.5) is 0 Å². The highest BCUT2D eigenvalue weighted by molar-refractivity contribution is 5.96. The third-order valence-electron chi connectivity index (χ3n) is 3.53. The largest absolute Gasteiger partial charge is 0.314 e. The number of hydrogen-bond acceptors (Lipinski definition) is 3. The van der Waals surface area contributed by atoms with Crippen LogP contribution in [0.3, 0.4) is 0 Å². The van der Waals surface area contributed by atoms with Crippen LogP contribution in [0.15, 0.2) is 0 Å². The first-order chi connectivity index (χ1) is 7.68. The predicted octanol–water partition coefficient (Wildman–Crippen LogP) is 1.06. The molecule has 16 heavy (non-hydrogen) atoms. The SMILES string of the molecule is CC1CC(N2C(=O)CCCCC2=O)CCN1. The minimum absolute atomic E-state index is 0.0431. The van der Waals surface area contributed by atoms with E-state index in [9.17, 15) is 9.59 Å². The van der Waals surface area contributed by atoms with E-state index in [1.54, 1.807) is 4.90 Å². The molecule has 0 aromatic heterocycles. The van der Waals surface area contributed by atoms with Gasteiger partial charge in [0.15, 0.2) is 0 Å². The molecule has 2 amide bonds. The first-order valence-corrected chi connectivity index (χ1v) is 6.27. The summed E-state index contributed by atoms with van der Waals surface area (Å²) in [5, 5.41) is 3.35. The summed E-state index contributed by atoms with van der Waals surface area (Å²) < 4.78 is 0. The Kier molecular flexibility index (Phi) is 3.59. The fourth-order valence-electron chi connectivity index (χ4n) is 2.68. The van der Waals surface area contributed by atoms with E-state index in [1.165, 1.54) is 0 Å². The van der Waals surface area contributed by atoms with E-state index in [-0.39, 0.29) is 17.9 Å². The molecule has 0 bridgehead atoms. The summed E-state index contributed by atoms with van der Waals surface area (Å²) >= 11 is 0. The maximum atomic E-state index is 11.9. The van der Waals surface area contributed by atoms with E-state index < -0.39 is 0 Å². The Bertz CT molecular complexity index is 273. The summed E-state index contributed by atoms with van der Waals surface area (Å²) in [6.45, 7) is 3.02. The molecule has 90 valence electrons. The molecule has 0 saturated carbocycles. The van der Waals surface area contributed by atoms with Crippen molar-refractivity contribution < 1.29 is 9.59 Å². The summed E-state index contributed by atoms with van der Waals surface area (Å²) in [6, 6.07) is 0.539. The average molecular weight is 224 g/mol. The van der Waals surface area contributed by atoms with E-state index in [2.05, 4.69) is 12.2 Å². The molecule has 4 heteroatoms. The zero-order valence-electron chi connectivity index (χ0n) is 9.87. The zero-order chi connectivity index (χ0) is 11.5. The Balaban J connectivity index is 2.09. The van der Waals surface area contributed by atoms with Gasteiger partial charge in [-0.25, -0.2) is 0 Å². The maximum Gasteiger partial charge on any atom is 0.229 e. The van der Waals surface area contributed by atoms with Crippen molar-refractivity contribution in [3.63, 3.8) is 0 Å². The molecule has 2 saturated heterocycles. The van der Waals surface area contributed by atoms with Crippen LogP contribution in [-0.4, -0.2) is 35.3 Å². The first-order valence-electron chi connectivity index (χ1n) is 6.27. The van der Waals surface area contributed by atoms with Crippen LogP contribution >= 0.6 is 0 Å². The van der Waals surface area contributed by atoms with Crippen molar-refractivity contribution >= 4 is 11.8 Å². The minimum atomic E-state index is 0.0431. The van der Waals surface area contributed by atoms with Crippen LogP contribution in [0.1, 0.15) is 45.4 Å². The molecule has 2 heterocycles. The molecule has 0 aromatic carbocycles. The van der Waals surface area contributed by atoms with Gasteiger partial charge in [0, 0.05) is 24.9 Å². The summed E-state index contributed by atoms with van der Waals surface area (Å²) in [5.41, 5.74) is 0. The molecule has 1 N–H and O–H groups in total. The van der Waals surface area contributed by atoms with Gasteiger partial charge >= 0.3 is 0 Å². The number of carbonyl (C=O) groups is 2. The molecule has 0 aromatic rings. The number of hydrogen-bond donors (Lipinski definition) is 1. The summed E-state index contributed by atoms with van der Waals surface area (Å²) in [6.07, 6.45) is 4.62. The van der Waals surface area contributed by atoms with E-state index in [0.29, 0.717) is 18.9 Å². The van der Waals surface area contributed by atoms with Crippen molar-refractivity contribution in [2.24, 2.45) is 0 Å². The van der Waals surface area contributed by atoms with Crippen molar-refractivity contribution in [2.45, 2.75) is 57.5 Å². The van der Waals surface area contributed by atoms with Gasteiger partial charge < -0.3 is 5.32 Å². The number of piperidine rings is 1. The number of likely N-dealkylation sites (tertiary alicyclic amines) is 1. The van der Waals surface area contributed by atoms with Gasteiger partial charge in [-0.2, -0.15) is 0 Å². The third kappa shape index (κ3) is 2.43. The van der Waals surface area contributed by atoms with Crippen LogP contribution in [0.5, 0.6) is 0 Å². The minimum Gasteiger partial charge on any atom is -0.314 e. The average Bonchev–Trinajstić information content (AvgIpc) is 2.40. The van der Waals surface area contributed by atoms with Gasteiger partial charge in [0.2, 0.25) is 11.8 Å². The van der Waals surface area contributed by atoms with Crippen LogP contribution in [0.2, 0.25) is 0 Å². The molecule has 2 atom stereocenters. The predicted molar refractivity (Wildman–Crippen MR) is 60.8 cm³/mol. The Hall–Kier alpha value is -0.900. The smallest absolute Gasteiger partial charge is 0.229 e. The molecule has 0 spiro atoms. The Labute approximate surface area is 96.4 Å². The standard InChI is InChI=1S/C12H20N2O2/c1-9-8-10(6-7-13-9)14-11(15)4-2-3-5-12(14)16/h9-10,13H,2-8H2,1H3. The van der Waals surface area contributed by atoms with Gasteiger partial charge in [0.05, 0.1) is 0 Å². The van der Waals surface area contributed by atoms with E-state index in [0.717, 1.165) is 32.2 Å². The number of nitrogens with zero attached hydrogens (tertiary/aromatic N) is 1. The van der Waals surface area contributed by atoms with Crippen molar-refractivity contribution in [2.75, 3.05) is 6.54 Å². The highest BCUT2D eigenvalue weighted by Crippen LogP contribution is 2.21. The molecule has 2 aliphatic heterocycles. The van der Waals surface area contributed by atoms with Crippen LogP contribution in [-0.2, 0) is 9.59 Å². The van der Waals surface area contributed by atoms with Gasteiger partial charge in [-0.1, -0.05) is 0 Å². The van der Waals surface area contributed by atoms with Crippen molar-refractivity contribution in [1.29, 1.82) is 0 Å². The Morgan fingerprint density at radius 2 is 1.81 bits per heavy atom. The van der Waals surface area contributed by atoms with Crippen LogP contribution < -0.4 is 5.32 Å². The molecule has 4 nitrogen and oxygen atoms in total. The quantitative estimate of drug-likeness (QED) is 0.677. The topological polar surface area (TPSA) is 49.4 Å². The number of rotatable bonds is 1. The van der Waals surface area contributed by atoms with Gasteiger partial charge in [-0.05, 0) is 39.2 Å². The Morgan fingerprint density at radius 3 is 2.38 bits per heavy atom. The first kappa shape index (κ1) is 11.6. The molecular weight excluding hydrogens is 204 g/mol. The van der Waals surface area contributed by atoms with E-state index >= 15 is 0 Å². The highest BCUT2D eigenvalue weighted by atomic mass is 16.2. The van der Waals surface area contributed by atoms with Crippen LogP contribution in [0, 0.1) is 0 Å². The lowest BCUT2D eigenvalue weighted by molar-refractivity contribution is -0.147. The molecule has 2 rings (SSSR count). The molecule has 0 radical (unpaired) electrons. The van der Waals surface area contributed by atoms with Crippen LogP contribution in [0.25, 0.3) is 0 Å². The lowest BCUT2D eigenvalue weighted by atomic mass is 9.98. The number of imide groups is 1. The van der Waals surface area contributed by atoms with Crippen molar-refractivity contribution in [1.82, 2.24) is 10.2 Å². The third-order valence-corrected chi connectivity index (χ3v) is 3.53. The fourth-order valence-corrected chi connectivity index (χ4v) is 2.68. The molecule has 0 aliphatic carbocycles. The normalized spacial score (nSPS) is 32.7. The van der Waals surface area contributed by atoms with Gasteiger partial charge in [0.1, 0.15) is 0 Å². The second-order valence-corrected chi connectivity index (χ2v) is 4.90. The van der Waals surface area contributed by atoms with Gasteiger partial charge in [-0.15, -0.1) is 0 Å². The monoisotopic (exact) mass is 224 g/mol.